The maximum absolute atomic E-state index is 5.85. The lowest BCUT2D eigenvalue weighted by molar-refractivity contribution is 0.231. The van der Waals surface area contributed by atoms with Crippen LogP contribution in [0.5, 0.6) is 5.75 Å². The first kappa shape index (κ1) is 7.63. The van der Waals surface area contributed by atoms with Crippen LogP contribution in [-0.2, 0) is 0 Å². The van der Waals surface area contributed by atoms with Gasteiger partial charge in [-0.3, -0.25) is 0 Å². The van der Waals surface area contributed by atoms with Crippen LogP contribution in [0.1, 0.15) is 17.9 Å². The minimum atomic E-state index is 0.355. The summed E-state index contributed by atoms with van der Waals surface area (Å²) < 4.78 is 6.93. The molecule has 3 rings (SSSR count). The Kier molecular flexibility index (Phi) is 1.53. The minimum Gasteiger partial charge on any atom is -0.488 e. The summed E-state index contributed by atoms with van der Waals surface area (Å²) in [6, 6.07) is 6.25. The first-order valence-corrected chi connectivity index (χ1v) is 5.27. The molecule has 0 amide bonds. The number of benzene rings is 1. The van der Waals surface area contributed by atoms with Crippen LogP contribution in [0.3, 0.4) is 0 Å². The van der Waals surface area contributed by atoms with Crippen LogP contribution in [0.25, 0.3) is 0 Å². The summed E-state index contributed by atoms with van der Waals surface area (Å²) in [7, 11) is 0. The zero-order valence-corrected chi connectivity index (χ0v) is 8.62. The van der Waals surface area contributed by atoms with Gasteiger partial charge in [0.25, 0.3) is 0 Å². The lowest BCUT2D eigenvalue weighted by atomic mass is 9.99. The molecule has 0 radical (unpaired) electrons. The van der Waals surface area contributed by atoms with Crippen molar-refractivity contribution >= 4 is 15.9 Å². The number of halogens is 1. The van der Waals surface area contributed by atoms with E-state index in [2.05, 4.69) is 40.2 Å². The van der Waals surface area contributed by atoms with E-state index in [9.17, 15) is 0 Å². The molecule has 2 aliphatic rings. The van der Waals surface area contributed by atoms with Gasteiger partial charge in [0.1, 0.15) is 11.9 Å². The van der Waals surface area contributed by atoms with Gasteiger partial charge in [0.2, 0.25) is 0 Å². The first-order chi connectivity index (χ1) is 6.36. The van der Waals surface area contributed by atoms with Crippen LogP contribution in [-0.4, -0.2) is 6.10 Å². The molecule has 0 N–H and O–H groups in total. The van der Waals surface area contributed by atoms with Crippen molar-refractivity contribution < 1.29 is 4.74 Å². The molecular weight excluding hydrogens is 228 g/mol. The fraction of sp³-hybridized carbons (Fsp3) is 0.273. The monoisotopic (exact) mass is 236 g/mol. The van der Waals surface area contributed by atoms with Gasteiger partial charge in [-0.05, 0) is 22.0 Å². The van der Waals surface area contributed by atoms with Crippen molar-refractivity contribution in [1.29, 1.82) is 0 Å². The highest BCUT2D eigenvalue weighted by Gasteiger charge is 2.35. The molecular formula is C11H9BrO. The SMILES string of the molecule is Brc1cccc2c1O[C@H]1CC=C[C@@H]21. The van der Waals surface area contributed by atoms with Gasteiger partial charge in [-0.25, -0.2) is 0 Å². The van der Waals surface area contributed by atoms with Gasteiger partial charge < -0.3 is 4.74 Å². The van der Waals surface area contributed by atoms with E-state index in [0.717, 1.165) is 16.6 Å². The summed E-state index contributed by atoms with van der Waals surface area (Å²) in [5.41, 5.74) is 1.33. The fourth-order valence-electron chi connectivity index (χ4n) is 2.12. The summed E-state index contributed by atoms with van der Waals surface area (Å²) in [6.45, 7) is 0. The molecule has 1 aliphatic heterocycles. The highest BCUT2D eigenvalue weighted by atomic mass is 79.9. The Morgan fingerprint density at radius 2 is 2.31 bits per heavy atom. The van der Waals surface area contributed by atoms with Crippen molar-refractivity contribution in [1.82, 2.24) is 0 Å². The average Bonchev–Trinajstić information content (AvgIpc) is 2.65. The standard InChI is InChI=1S/C11H9BrO/c12-9-5-1-4-8-7-3-2-6-10(7)13-11(8)9/h1-5,7,10H,6H2/t7-,10-/m0/s1. The number of para-hydroxylation sites is 1. The molecule has 1 nitrogen and oxygen atoms in total. The van der Waals surface area contributed by atoms with Crippen LogP contribution in [0.2, 0.25) is 0 Å². The van der Waals surface area contributed by atoms with Gasteiger partial charge in [-0.1, -0.05) is 24.3 Å². The molecule has 0 bridgehead atoms. The summed E-state index contributed by atoms with van der Waals surface area (Å²) >= 11 is 3.51. The zero-order chi connectivity index (χ0) is 8.84. The van der Waals surface area contributed by atoms with Crippen molar-refractivity contribution in [3.05, 3.63) is 40.4 Å². The van der Waals surface area contributed by atoms with E-state index in [4.69, 9.17) is 4.74 Å². The van der Waals surface area contributed by atoms with Crippen LogP contribution in [0, 0.1) is 0 Å². The third-order valence-electron chi connectivity index (χ3n) is 2.74. The molecule has 2 heteroatoms. The van der Waals surface area contributed by atoms with E-state index >= 15 is 0 Å². The maximum Gasteiger partial charge on any atom is 0.137 e. The van der Waals surface area contributed by atoms with Crippen molar-refractivity contribution in [2.24, 2.45) is 0 Å². The Labute approximate surface area is 85.5 Å². The predicted octanol–water partition coefficient (Wildman–Crippen LogP) is 3.25. The molecule has 2 atom stereocenters. The van der Waals surface area contributed by atoms with E-state index in [1.807, 2.05) is 6.07 Å². The Morgan fingerprint density at radius 1 is 1.38 bits per heavy atom. The third-order valence-corrected chi connectivity index (χ3v) is 3.36. The average molecular weight is 237 g/mol. The van der Waals surface area contributed by atoms with E-state index in [1.54, 1.807) is 0 Å². The summed E-state index contributed by atoms with van der Waals surface area (Å²) in [6.07, 6.45) is 5.86. The molecule has 0 fully saturated rings. The molecule has 1 aliphatic carbocycles. The zero-order valence-electron chi connectivity index (χ0n) is 7.03. The van der Waals surface area contributed by atoms with Crippen molar-refractivity contribution in [3.8, 4) is 5.75 Å². The van der Waals surface area contributed by atoms with E-state index in [0.29, 0.717) is 12.0 Å². The highest BCUT2D eigenvalue weighted by Crippen LogP contribution is 2.46. The van der Waals surface area contributed by atoms with Gasteiger partial charge in [0.15, 0.2) is 0 Å². The normalized spacial score (nSPS) is 28.4. The number of rotatable bonds is 0. The number of hydrogen-bond donors (Lipinski definition) is 0. The molecule has 1 aromatic rings. The lowest BCUT2D eigenvalue weighted by Gasteiger charge is -2.07. The largest absolute Gasteiger partial charge is 0.488 e. The Hall–Kier alpha value is -0.760. The Bertz CT molecular complexity index is 384. The maximum atomic E-state index is 5.85. The van der Waals surface area contributed by atoms with Crippen LogP contribution < -0.4 is 4.74 Å². The van der Waals surface area contributed by atoms with Crippen LogP contribution in [0.15, 0.2) is 34.8 Å². The molecule has 0 aromatic heterocycles. The van der Waals surface area contributed by atoms with Gasteiger partial charge >= 0.3 is 0 Å². The van der Waals surface area contributed by atoms with Crippen LogP contribution in [0.4, 0.5) is 0 Å². The molecule has 13 heavy (non-hydrogen) atoms. The van der Waals surface area contributed by atoms with E-state index < -0.39 is 0 Å². The minimum absolute atomic E-state index is 0.355. The van der Waals surface area contributed by atoms with Crippen molar-refractivity contribution in [2.45, 2.75) is 18.4 Å². The molecule has 0 unspecified atom stereocenters. The summed E-state index contributed by atoms with van der Waals surface area (Å²) in [5.74, 6) is 1.54. The quantitative estimate of drug-likeness (QED) is 0.629. The number of ether oxygens (including phenoxy) is 1. The first-order valence-electron chi connectivity index (χ1n) is 4.48. The summed E-state index contributed by atoms with van der Waals surface area (Å²) in [5, 5.41) is 0. The van der Waals surface area contributed by atoms with Crippen molar-refractivity contribution in [2.75, 3.05) is 0 Å². The molecule has 1 heterocycles. The predicted molar refractivity (Wildman–Crippen MR) is 55.1 cm³/mol. The Balaban J connectivity index is 2.17. The fourth-order valence-corrected chi connectivity index (χ4v) is 2.59. The molecule has 0 saturated carbocycles. The molecule has 66 valence electrons. The van der Waals surface area contributed by atoms with E-state index in [1.165, 1.54) is 5.56 Å². The lowest BCUT2D eigenvalue weighted by Crippen LogP contribution is -2.11. The van der Waals surface area contributed by atoms with Gasteiger partial charge in [0.05, 0.1) is 4.47 Å². The second-order valence-electron chi connectivity index (χ2n) is 3.50. The molecule has 0 spiro atoms. The molecule has 0 saturated heterocycles. The van der Waals surface area contributed by atoms with Gasteiger partial charge in [-0.2, -0.15) is 0 Å². The number of fused-ring (bicyclic) bond motifs is 3. The highest BCUT2D eigenvalue weighted by molar-refractivity contribution is 9.10. The second kappa shape index (κ2) is 2.61. The topological polar surface area (TPSA) is 9.23 Å². The van der Waals surface area contributed by atoms with Crippen LogP contribution >= 0.6 is 15.9 Å². The second-order valence-corrected chi connectivity index (χ2v) is 4.36. The summed E-state index contributed by atoms with van der Waals surface area (Å²) in [4.78, 5) is 0. The smallest absolute Gasteiger partial charge is 0.137 e. The number of hydrogen-bond acceptors (Lipinski definition) is 1. The molecule has 1 aromatic carbocycles. The third kappa shape index (κ3) is 0.983. The van der Waals surface area contributed by atoms with Crippen molar-refractivity contribution in [3.63, 3.8) is 0 Å². The van der Waals surface area contributed by atoms with Gasteiger partial charge in [-0.15, -0.1) is 0 Å². The Morgan fingerprint density at radius 3 is 3.23 bits per heavy atom. The van der Waals surface area contributed by atoms with E-state index in [-0.39, 0.29) is 0 Å². The van der Waals surface area contributed by atoms with Gasteiger partial charge in [0, 0.05) is 17.9 Å².